The smallest absolute Gasteiger partial charge is 0.416 e. The highest BCUT2D eigenvalue weighted by molar-refractivity contribution is 7.89. The molecule has 0 saturated heterocycles. The van der Waals surface area contributed by atoms with Gasteiger partial charge in [0, 0.05) is 24.6 Å². The van der Waals surface area contributed by atoms with E-state index in [0.29, 0.717) is 23.9 Å². The number of benzene rings is 2. The summed E-state index contributed by atoms with van der Waals surface area (Å²) >= 11 is -2.03. The molecule has 1 atom stereocenters. The van der Waals surface area contributed by atoms with Crippen molar-refractivity contribution in [2.24, 2.45) is 0 Å². The fourth-order valence-corrected chi connectivity index (χ4v) is 3.78. The Morgan fingerprint density at radius 2 is 1.66 bits per heavy atom. The van der Waals surface area contributed by atoms with Crippen LogP contribution in [0.5, 0.6) is 0 Å². The second-order valence-electron chi connectivity index (χ2n) is 7.15. The molecule has 3 rings (SSSR count). The van der Waals surface area contributed by atoms with E-state index in [-0.39, 0.29) is 11.4 Å². The number of rotatable bonds is 7. The quantitative estimate of drug-likeness (QED) is 0.296. The van der Waals surface area contributed by atoms with Crippen LogP contribution in [0.1, 0.15) is 22.3 Å². The molecule has 3 aromatic rings. The van der Waals surface area contributed by atoms with Crippen molar-refractivity contribution in [3.63, 3.8) is 0 Å². The van der Waals surface area contributed by atoms with Gasteiger partial charge in [-0.15, -0.1) is 4.72 Å². The summed E-state index contributed by atoms with van der Waals surface area (Å²) in [5.41, 5.74) is -2.05. The van der Waals surface area contributed by atoms with Crippen molar-refractivity contribution in [3.8, 4) is 0 Å². The highest BCUT2D eigenvalue weighted by Gasteiger charge is 2.37. The van der Waals surface area contributed by atoms with Crippen LogP contribution in [0.25, 0.3) is 0 Å². The summed E-state index contributed by atoms with van der Waals surface area (Å²) in [6.07, 6.45) is -6.52. The molecule has 3 N–H and O–H groups in total. The zero-order valence-electron chi connectivity index (χ0n) is 17.7. The highest BCUT2D eigenvalue weighted by Crippen LogP contribution is 2.36. The van der Waals surface area contributed by atoms with Gasteiger partial charge >= 0.3 is 18.4 Å². The first-order valence-corrected chi connectivity index (χ1v) is 11.0. The topological polar surface area (TPSA) is 89.1 Å². The van der Waals surface area contributed by atoms with Gasteiger partial charge in [0.05, 0.1) is 29.0 Å². The molecule has 0 aliphatic rings. The maximum Gasteiger partial charge on any atom is 0.416 e. The minimum atomic E-state index is -4.88. The number of pyridine rings is 1. The summed E-state index contributed by atoms with van der Waals surface area (Å²) in [5, 5.41) is 5.18. The Hall–Kier alpha value is -3.29. The number of hydrogen-bond donors (Lipinski definition) is 3. The average Bonchev–Trinajstić information content (AvgIpc) is 2.81. The zero-order valence-corrected chi connectivity index (χ0v) is 18.5. The van der Waals surface area contributed by atoms with Crippen molar-refractivity contribution in [3.05, 3.63) is 89.2 Å². The number of nitrogens with one attached hydrogen (secondary N) is 3. The number of aromatic nitrogens is 1. The minimum absolute atomic E-state index is 0.145. The molecule has 0 saturated carbocycles. The monoisotopic (exact) mass is 516 g/mol. The van der Waals surface area contributed by atoms with Crippen LogP contribution in [-0.4, -0.2) is 15.6 Å². The Morgan fingerprint density at radius 3 is 2.26 bits per heavy atom. The zero-order chi connectivity index (χ0) is 25.6. The molecular weight excluding hydrogens is 498 g/mol. The summed E-state index contributed by atoms with van der Waals surface area (Å²) in [6, 6.07) is 9.63. The van der Waals surface area contributed by atoms with Crippen molar-refractivity contribution in [1.29, 1.82) is 0 Å². The number of carbonyl (C=O) groups is 1. The van der Waals surface area contributed by atoms with E-state index in [4.69, 9.17) is 0 Å². The molecule has 0 radical (unpaired) electrons. The Morgan fingerprint density at radius 1 is 0.943 bits per heavy atom. The third-order valence-corrected chi connectivity index (χ3v) is 5.74. The standard InChI is InChI=1S/C22H18F6N4O2S/c23-21(24,25)16-3-8-19(22(26,27)28)15(10-16)13-31-35(34)18-6-4-17(5-7-18)32-20(33)30-12-14-2-1-9-29-11-14/h1-11,31H,12-13H2,(H2,30,32,33). The molecule has 0 aliphatic carbocycles. The SMILES string of the molecule is O=C(NCc1cccnc1)Nc1ccc([S+]([O-])NCc2cc(C(F)(F)F)ccc2C(F)(F)F)cc1. The van der Waals surface area contributed by atoms with Gasteiger partial charge in [0.15, 0.2) is 4.90 Å². The van der Waals surface area contributed by atoms with Gasteiger partial charge in [-0.05, 0) is 59.7 Å². The summed E-state index contributed by atoms with van der Waals surface area (Å²) in [6.45, 7) is -0.483. The summed E-state index contributed by atoms with van der Waals surface area (Å²) in [4.78, 5) is 16.1. The minimum Gasteiger partial charge on any atom is -0.593 e. The molecule has 35 heavy (non-hydrogen) atoms. The Bertz CT molecular complexity index is 1140. The molecule has 0 aliphatic heterocycles. The molecule has 2 amide bonds. The molecule has 0 spiro atoms. The Labute approximate surface area is 199 Å². The Balaban J connectivity index is 1.60. The van der Waals surface area contributed by atoms with Crippen LogP contribution in [0.4, 0.5) is 36.8 Å². The van der Waals surface area contributed by atoms with Crippen molar-refractivity contribution >= 4 is 23.1 Å². The number of nitrogens with zero attached hydrogens (tertiary/aromatic N) is 1. The number of urea groups is 1. The van der Waals surface area contributed by atoms with Crippen molar-refractivity contribution in [1.82, 2.24) is 15.0 Å². The Kier molecular flexibility index (Phi) is 8.25. The van der Waals surface area contributed by atoms with E-state index < -0.39 is 53.0 Å². The lowest BCUT2D eigenvalue weighted by atomic mass is 10.0. The molecule has 2 aromatic carbocycles. The largest absolute Gasteiger partial charge is 0.593 e. The number of halogens is 6. The molecule has 0 fully saturated rings. The molecule has 1 aromatic heterocycles. The van der Waals surface area contributed by atoms with Gasteiger partial charge < -0.3 is 15.2 Å². The van der Waals surface area contributed by atoms with E-state index in [2.05, 4.69) is 20.3 Å². The number of alkyl halides is 6. The van der Waals surface area contributed by atoms with Crippen LogP contribution in [0.2, 0.25) is 0 Å². The lowest BCUT2D eigenvalue weighted by Gasteiger charge is -2.17. The number of carbonyl (C=O) groups excluding carboxylic acids is 1. The average molecular weight is 516 g/mol. The summed E-state index contributed by atoms with van der Waals surface area (Å²) in [7, 11) is 0. The molecule has 186 valence electrons. The maximum absolute atomic E-state index is 13.2. The molecular formula is C22H18F6N4O2S. The van der Waals surface area contributed by atoms with Crippen molar-refractivity contribution in [2.75, 3.05) is 5.32 Å². The highest BCUT2D eigenvalue weighted by atomic mass is 32.2. The third-order valence-electron chi connectivity index (χ3n) is 4.63. The van der Waals surface area contributed by atoms with E-state index >= 15 is 0 Å². The molecule has 1 heterocycles. The van der Waals surface area contributed by atoms with Gasteiger partial charge in [-0.25, -0.2) is 4.79 Å². The number of anilines is 1. The molecule has 13 heteroatoms. The van der Waals surface area contributed by atoms with Crippen LogP contribution < -0.4 is 15.4 Å². The van der Waals surface area contributed by atoms with Gasteiger partial charge in [-0.1, -0.05) is 6.07 Å². The van der Waals surface area contributed by atoms with Crippen LogP contribution >= 0.6 is 0 Å². The normalized spacial score (nSPS) is 12.8. The van der Waals surface area contributed by atoms with Gasteiger partial charge in [-0.2, -0.15) is 26.3 Å². The van der Waals surface area contributed by atoms with Crippen LogP contribution in [0.3, 0.4) is 0 Å². The summed E-state index contributed by atoms with van der Waals surface area (Å²) in [5.74, 6) is 0. The van der Waals surface area contributed by atoms with Crippen LogP contribution in [0, 0.1) is 0 Å². The number of hydrogen-bond acceptors (Lipinski definition) is 4. The third kappa shape index (κ3) is 7.60. The van der Waals surface area contributed by atoms with Gasteiger partial charge in [0.2, 0.25) is 0 Å². The second kappa shape index (κ2) is 11.0. The van der Waals surface area contributed by atoms with E-state index in [1.807, 2.05) is 0 Å². The van der Waals surface area contributed by atoms with E-state index in [1.165, 1.54) is 24.3 Å². The predicted molar refractivity (Wildman–Crippen MR) is 116 cm³/mol. The van der Waals surface area contributed by atoms with Crippen molar-refractivity contribution < 1.29 is 35.7 Å². The van der Waals surface area contributed by atoms with Gasteiger partial charge in [0.25, 0.3) is 0 Å². The van der Waals surface area contributed by atoms with Gasteiger partial charge in [-0.3, -0.25) is 4.98 Å². The van der Waals surface area contributed by atoms with Crippen LogP contribution in [0.15, 0.2) is 71.9 Å². The summed E-state index contributed by atoms with van der Waals surface area (Å²) < 4.78 is 93.1. The lowest BCUT2D eigenvalue weighted by Crippen LogP contribution is -2.28. The first-order chi connectivity index (χ1) is 16.4. The van der Waals surface area contributed by atoms with E-state index in [9.17, 15) is 35.7 Å². The lowest BCUT2D eigenvalue weighted by molar-refractivity contribution is -0.141. The van der Waals surface area contributed by atoms with Crippen molar-refractivity contribution in [2.45, 2.75) is 30.3 Å². The molecule has 1 unspecified atom stereocenters. The fourth-order valence-electron chi connectivity index (χ4n) is 2.94. The second-order valence-corrected chi connectivity index (χ2v) is 8.45. The number of amides is 2. The first kappa shape index (κ1) is 26.3. The fraction of sp³-hybridized carbons (Fsp3) is 0.182. The van der Waals surface area contributed by atoms with E-state index in [1.54, 1.807) is 24.5 Å². The van der Waals surface area contributed by atoms with Crippen LogP contribution in [-0.2, 0) is 36.8 Å². The first-order valence-electron chi connectivity index (χ1n) is 9.90. The van der Waals surface area contributed by atoms with E-state index in [0.717, 1.165) is 5.56 Å². The predicted octanol–water partition coefficient (Wildman–Crippen LogP) is 5.25. The maximum atomic E-state index is 13.2. The molecule has 0 bridgehead atoms. The molecule has 6 nitrogen and oxygen atoms in total. The van der Waals surface area contributed by atoms with Gasteiger partial charge in [0.1, 0.15) is 0 Å².